The lowest BCUT2D eigenvalue weighted by atomic mass is 10.1. The molecule has 0 spiro atoms. The summed E-state index contributed by atoms with van der Waals surface area (Å²) in [6.45, 7) is 0.494. The Kier molecular flexibility index (Phi) is 5.08. The molecule has 1 unspecified atom stereocenters. The predicted molar refractivity (Wildman–Crippen MR) is 135 cm³/mol. The number of hydrogen-bond acceptors (Lipinski definition) is 4. The van der Waals surface area contributed by atoms with Gasteiger partial charge in [0.1, 0.15) is 18.5 Å². The average molecular weight is 463 g/mol. The van der Waals surface area contributed by atoms with Crippen molar-refractivity contribution in [2.45, 2.75) is 12.6 Å². The van der Waals surface area contributed by atoms with Gasteiger partial charge in [0, 0.05) is 21.8 Å². The number of rotatable bonds is 6. The number of fused-ring (bicyclic) bond motifs is 4. The molecule has 0 bridgehead atoms. The van der Waals surface area contributed by atoms with Crippen molar-refractivity contribution in [1.29, 1.82) is 0 Å². The number of hydrogen-bond donors (Lipinski definition) is 1. The van der Waals surface area contributed by atoms with Crippen LogP contribution >= 0.6 is 0 Å². The van der Waals surface area contributed by atoms with Crippen LogP contribution < -0.4 is 9.64 Å². The smallest absolute Gasteiger partial charge is 0.266 e. The van der Waals surface area contributed by atoms with Crippen molar-refractivity contribution < 1.29 is 19.4 Å². The number of imide groups is 1. The number of benzene rings is 4. The summed E-state index contributed by atoms with van der Waals surface area (Å²) in [6.07, 6.45) is -0.731. The van der Waals surface area contributed by atoms with Crippen LogP contribution in [0.5, 0.6) is 5.75 Å². The lowest BCUT2D eigenvalue weighted by Gasteiger charge is -2.17. The second-order valence-electron chi connectivity index (χ2n) is 8.59. The summed E-state index contributed by atoms with van der Waals surface area (Å²) >= 11 is 0. The topological polar surface area (TPSA) is 71.8 Å². The van der Waals surface area contributed by atoms with E-state index in [1.165, 1.54) is 4.90 Å². The normalized spacial score (nSPS) is 14.0. The fourth-order valence-electron chi connectivity index (χ4n) is 4.77. The largest absolute Gasteiger partial charge is 0.491 e. The molecule has 0 saturated carbocycles. The maximum absolute atomic E-state index is 12.7. The number of para-hydroxylation sites is 2. The zero-order chi connectivity index (χ0) is 23.9. The minimum absolute atomic E-state index is 0.104. The summed E-state index contributed by atoms with van der Waals surface area (Å²) in [4.78, 5) is 26.5. The molecule has 1 N–H and O–H groups in total. The molecule has 6 nitrogen and oxygen atoms in total. The fourth-order valence-corrected chi connectivity index (χ4v) is 4.77. The summed E-state index contributed by atoms with van der Waals surface area (Å²) in [5.41, 5.74) is 3.43. The highest BCUT2D eigenvalue weighted by Gasteiger charge is 2.36. The molecule has 0 radical (unpaired) electrons. The van der Waals surface area contributed by atoms with Crippen LogP contribution in [0.3, 0.4) is 0 Å². The van der Waals surface area contributed by atoms with Gasteiger partial charge in [0.2, 0.25) is 0 Å². The monoisotopic (exact) mass is 462 g/mol. The Balaban J connectivity index is 1.16. The van der Waals surface area contributed by atoms with Gasteiger partial charge in [0.05, 0.1) is 23.4 Å². The van der Waals surface area contributed by atoms with Crippen LogP contribution in [-0.2, 0) is 6.54 Å². The molecule has 35 heavy (non-hydrogen) atoms. The lowest BCUT2D eigenvalue weighted by molar-refractivity contribution is 0.0926. The van der Waals surface area contributed by atoms with Crippen LogP contribution in [-0.4, -0.2) is 34.2 Å². The Bertz CT molecular complexity index is 1500. The first kappa shape index (κ1) is 21.1. The summed E-state index contributed by atoms with van der Waals surface area (Å²) in [5, 5.41) is 13.1. The second kappa shape index (κ2) is 8.42. The van der Waals surface area contributed by atoms with Crippen LogP contribution in [0.4, 0.5) is 5.69 Å². The van der Waals surface area contributed by atoms with Gasteiger partial charge in [-0.15, -0.1) is 0 Å². The van der Waals surface area contributed by atoms with Gasteiger partial charge in [0.25, 0.3) is 11.8 Å². The van der Waals surface area contributed by atoms with Crippen LogP contribution in [0.1, 0.15) is 20.7 Å². The molecule has 2 heterocycles. The Morgan fingerprint density at radius 3 is 1.77 bits per heavy atom. The Morgan fingerprint density at radius 1 is 0.686 bits per heavy atom. The molecule has 5 aromatic rings. The first-order valence-corrected chi connectivity index (χ1v) is 11.5. The third-order valence-corrected chi connectivity index (χ3v) is 6.40. The molecule has 0 aliphatic carbocycles. The molecule has 4 aromatic carbocycles. The SMILES string of the molecule is O=C1c2ccccc2C(=O)N1c1ccc(OCC(O)Cn2c3ccccc3c3ccccc32)cc1. The summed E-state index contributed by atoms with van der Waals surface area (Å²) < 4.78 is 7.94. The third-order valence-electron chi connectivity index (χ3n) is 6.40. The minimum atomic E-state index is -0.731. The van der Waals surface area contributed by atoms with Crippen LogP contribution in [0.25, 0.3) is 21.8 Å². The van der Waals surface area contributed by atoms with Gasteiger partial charge in [-0.1, -0.05) is 48.5 Å². The van der Waals surface area contributed by atoms with Crippen molar-refractivity contribution in [3.05, 3.63) is 108 Å². The number of carbonyl (C=O) groups is 2. The highest BCUT2D eigenvalue weighted by atomic mass is 16.5. The van der Waals surface area contributed by atoms with E-state index in [2.05, 4.69) is 28.8 Å². The van der Waals surface area contributed by atoms with Gasteiger partial charge in [0.15, 0.2) is 0 Å². The molecule has 172 valence electrons. The molecule has 2 amide bonds. The molecule has 0 fully saturated rings. The Hall–Kier alpha value is -4.42. The van der Waals surface area contributed by atoms with Crippen LogP contribution in [0, 0.1) is 0 Å². The van der Waals surface area contributed by atoms with Crippen molar-refractivity contribution in [3.63, 3.8) is 0 Å². The molecule has 0 saturated heterocycles. The van der Waals surface area contributed by atoms with Gasteiger partial charge in [-0.25, -0.2) is 4.90 Å². The molecule has 1 aromatic heterocycles. The third kappa shape index (κ3) is 3.55. The van der Waals surface area contributed by atoms with E-state index in [-0.39, 0.29) is 18.4 Å². The number of carbonyl (C=O) groups excluding carboxylic acids is 2. The minimum Gasteiger partial charge on any atom is -0.491 e. The predicted octanol–water partition coefficient (Wildman–Crippen LogP) is 5.04. The summed E-state index contributed by atoms with van der Waals surface area (Å²) in [7, 11) is 0. The molecule has 1 aliphatic heterocycles. The maximum atomic E-state index is 12.7. The van der Waals surface area contributed by atoms with E-state index in [0.29, 0.717) is 29.1 Å². The molecule has 6 heteroatoms. The number of ether oxygens (including phenoxy) is 1. The molecule has 6 rings (SSSR count). The van der Waals surface area contributed by atoms with Crippen molar-refractivity contribution in [1.82, 2.24) is 4.57 Å². The van der Waals surface area contributed by atoms with Gasteiger partial charge in [-0.2, -0.15) is 0 Å². The first-order valence-electron chi connectivity index (χ1n) is 11.5. The zero-order valence-corrected chi connectivity index (χ0v) is 18.8. The van der Waals surface area contributed by atoms with E-state index in [9.17, 15) is 14.7 Å². The zero-order valence-electron chi connectivity index (χ0n) is 18.8. The van der Waals surface area contributed by atoms with E-state index in [1.54, 1.807) is 48.5 Å². The molecular weight excluding hydrogens is 440 g/mol. The van der Waals surface area contributed by atoms with E-state index < -0.39 is 6.10 Å². The molecule has 1 atom stereocenters. The second-order valence-corrected chi connectivity index (χ2v) is 8.59. The number of anilines is 1. The van der Waals surface area contributed by atoms with Gasteiger partial charge in [-0.3, -0.25) is 9.59 Å². The van der Waals surface area contributed by atoms with Crippen molar-refractivity contribution in [3.8, 4) is 5.75 Å². The quantitative estimate of drug-likeness (QED) is 0.359. The number of amides is 2. The Morgan fingerprint density at radius 2 is 1.20 bits per heavy atom. The van der Waals surface area contributed by atoms with Crippen LogP contribution in [0.15, 0.2) is 97.1 Å². The summed E-state index contributed by atoms with van der Waals surface area (Å²) in [5.74, 6) is -0.117. The van der Waals surface area contributed by atoms with Gasteiger partial charge < -0.3 is 14.4 Å². The van der Waals surface area contributed by atoms with Crippen LogP contribution in [0.2, 0.25) is 0 Å². The number of aromatic nitrogens is 1. The molecular formula is C29H22N2O4. The standard InChI is InChI=1S/C29H22N2O4/c32-20(17-30-26-11-5-3-7-22(26)23-8-4-6-12-27(23)30)18-35-21-15-13-19(14-16-21)31-28(33)24-9-1-2-10-25(24)29(31)34/h1-16,20,32H,17-18H2. The number of nitrogens with zero attached hydrogens (tertiary/aromatic N) is 2. The maximum Gasteiger partial charge on any atom is 0.266 e. The first-order chi connectivity index (χ1) is 17.1. The average Bonchev–Trinajstić information content (AvgIpc) is 3.35. The Labute approximate surface area is 201 Å². The highest BCUT2D eigenvalue weighted by molar-refractivity contribution is 6.34. The van der Waals surface area contributed by atoms with Crippen molar-refractivity contribution >= 4 is 39.3 Å². The van der Waals surface area contributed by atoms with Gasteiger partial charge >= 0.3 is 0 Å². The highest BCUT2D eigenvalue weighted by Crippen LogP contribution is 2.30. The van der Waals surface area contributed by atoms with E-state index in [4.69, 9.17) is 4.74 Å². The van der Waals surface area contributed by atoms with Crippen molar-refractivity contribution in [2.75, 3.05) is 11.5 Å². The van der Waals surface area contributed by atoms with Gasteiger partial charge in [-0.05, 0) is 48.5 Å². The van der Waals surface area contributed by atoms with Crippen molar-refractivity contribution in [2.24, 2.45) is 0 Å². The van der Waals surface area contributed by atoms with E-state index in [0.717, 1.165) is 21.8 Å². The fraction of sp³-hybridized carbons (Fsp3) is 0.103. The van der Waals surface area contributed by atoms with E-state index >= 15 is 0 Å². The lowest BCUT2D eigenvalue weighted by Crippen LogP contribution is -2.29. The number of aliphatic hydroxyl groups is 1. The molecule has 1 aliphatic rings. The summed E-state index contributed by atoms with van der Waals surface area (Å²) in [6, 6.07) is 29.9. The van der Waals surface area contributed by atoms with E-state index in [1.807, 2.05) is 24.3 Å². The number of aliphatic hydroxyl groups excluding tert-OH is 1.